The van der Waals surface area contributed by atoms with Crippen molar-refractivity contribution in [1.82, 2.24) is 4.31 Å². The molecule has 1 aromatic rings. The summed E-state index contributed by atoms with van der Waals surface area (Å²) in [6.07, 6.45) is 3.81. The van der Waals surface area contributed by atoms with Gasteiger partial charge in [-0.2, -0.15) is 4.31 Å². The molecule has 106 valence electrons. The average molecular weight is 302 g/mol. The van der Waals surface area contributed by atoms with E-state index in [1.165, 1.54) is 0 Å². The number of rotatable bonds is 7. The molecule has 19 heavy (non-hydrogen) atoms. The van der Waals surface area contributed by atoms with Gasteiger partial charge in [-0.05, 0) is 24.8 Å². The lowest BCUT2D eigenvalue weighted by Gasteiger charge is -2.36. The molecule has 1 aromatic carbocycles. The molecule has 3 nitrogen and oxygen atoms in total. The number of hydrogen-bond donors (Lipinski definition) is 0. The van der Waals surface area contributed by atoms with Crippen LogP contribution in [0.25, 0.3) is 0 Å². The van der Waals surface area contributed by atoms with Gasteiger partial charge in [-0.3, -0.25) is 0 Å². The van der Waals surface area contributed by atoms with Crippen LogP contribution in [0.5, 0.6) is 0 Å². The third kappa shape index (κ3) is 3.94. The van der Waals surface area contributed by atoms with E-state index in [1.54, 1.807) is 4.31 Å². The second-order valence-electron chi connectivity index (χ2n) is 4.98. The molecule has 5 heteroatoms. The summed E-state index contributed by atoms with van der Waals surface area (Å²) in [7, 11) is -3.23. The van der Waals surface area contributed by atoms with E-state index in [1.807, 2.05) is 30.3 Å². The van der Waals surface area contributed by atoms with Crippen LogP contribution in [-0.2, 0) is 15.8 Å². The van der Waals surface area contributed by atoms with E-state index in [-0.39, 0.29) is 11.8 Å². The van der Waals surface area contributed by atoms with Gasteiger partial charge in [-0.15, -0.1) is 11.6 Å². The third-order valence-electron chi connectivity index (χ3n) is 3.54. The highest BCUT2D eigenvalue weighted by Crippen LogP contribution is 2.28. The Hall–Kier alpha value is -0.580. The summed E-state index contributed by atoms with van der Waals surface area (Å²) >= 11 is 5.70. The molecule has 2 rings (SSSR count). The van der Waals surface area contributed by atoms with Gasteiger partial charge in [-0.1, -0.05) is 36.8 Å². The first-order chi connectivity index (χ1) is 9.13. The quantitative estimate of drug-likeness (QED) is 0.726. The van der Waals surface area contributed by atoms with E-state index in [0.29, 0.717) is 18.8 Å². The van der Waals surface area contributed by atoms with Crippen molar-refractivity contribution in [2.75, 3.05) is 12.4 Å². The van der Waals surface area contributed by atoms with Gasteiger partial charge < -0.3 is 0 Å². The van der Waals surface area contributed by atoms with E-state index in [9.17, 15) is 8.42 Å². The van der Waals surface area contributed by atoms with Gasteiger partial charge in [0.05, 0.1) is 5.75 Å². The molecule has 1 fully saturated rings. The van der Waals surface area contributed by atoms with Crippen molar-refractivity contribution in [3.8, 4) is 0 Å². The topological polar surface area (TPSA) is 37.4 Å². The zero-order valence-electron chi connectivity index (χ0n) is 11.0. The Bertz CT molecular complexity index is 485. The van der Waals surface area contributed by atoms with E-state index in [4.69, 9.17) is 11.6 Å². The van der Waals surface area contributed by atoms with Crippen LogP contribution in [-0.4, -0.2) is 31.2 Å². The average Bonchev–Trinajstić information content (AvgIpc) is 2.32. The normalized spacial score (nSPS) is 16.5. The monoisotopic (exact) mass is 301 g/mol. The molecule has 0 amide bonds. The van der Waals surface area contributed by atoms with Crippen LogP contribution in [0.4, 0.5) is 0 Å². The lowest BCUT2D eigenvalue weighted by atomic mass is 9.93. The van der Waals surface area contributed by atoms with Gasteiger partial charge in [-0.25, -0.2) is 8.42 Å². The minimum atomic E-state index is -3.23. The van der Waals surface area contributed by atoms with Gasteiger partial charge in [0.25, 0.3) is 0 Å². The molecule has 0 radical (unpaired) electrons. The Balaban J connectivity index is 2.09. The Labute approximate surface area is 120 Å². The van der Waals surface area contributed by atoms with Crippen LogP contribution >= 0.6 is 11.6 Å². The molecule has 0 unspecified atom stereocenters. The molecule has 0 aliphatic heterocycles. The summed E-state index contributed by atoms with van der Waals surface area (Å²) in [4.78, 5) is 0. The zero-order chi connectivity index (χ0) is 13.7. The van der Waals surface area contributed by atoms with Crippen LogP contribution in [0.15, 0.2) is 30.3 Å². The first-order valence-corrected chi connectivity index (χ1v) is 8.87. The number of halogens is 1. The maximum Gasteiger partial charge on any atom is 0.218 e. The van der Waals surface area contributed by atoms with Gasteiger partial charge in [0.15, 0.2) is 0 Å². The molecule has 0 bridgehead atoms. The molecule has 0 N–H and O–H groups in total. The molecule has 0 atom stereocenters. The summed E-state index contributed by atoms with van der Waals surface area (Å²) in [5.41, 5.74) is 0.845. The van der Waals surface area contributed by atoms with Crippen LogP contribution in [0.3, 0.4) is 0 Å². The maximum absolute atomic E-state index is 12.5. The van der Waals surface area contributed by atoms with Gasteiger partial charge in [0, 0.05) is 18.5 Å². The fourth-order valence-corrected chi connectivity index (χ4v) is 4.28. The zero-order valence-corrected chi connectivity index (χ0v) is 12.5. The summed E-state index contributed by atoms with van der Waals surface area (Å²) in [5, 5.41) is 0. The summed E-state index contributed by atoms with van der Waals surface area (Å²) in [6, 6.07) is 9.55. The predicted molar refractivity (Wildman–Crippen MR) is 78.7 cm³/mol. The highest BCUT2D eigenvalue weighted by atomic mass is 35.5. The van der Waals surface area contributed by atoms with Crippen LogP contribution in [0.2, 0.25) is 0 Å². The highest BCUT2D eigenvalue weighted by molar-refractivity contribution is 7.88. The standard InChI is InChI=1S/C14H20ClNO2S/c15-10-5-11-16(14-8-4-9-14)19(17,18)12-13-6-2-1-3-7-13/h1-3,6-7,14H,4-5,8-12H2. The fourth-order valence-electron chi connectivity index (χ4n) is 2.31. The first-order valence-electron chi connectivity index (χ1n) is 6.73. The first kappa shape index (κ1) is 14.8. The van der Waals surface area contributed by atoms with Crippen molar-refractivity contribution in [3.05, 3.63) is 35.9 Å². The lowest BCUT2D eigenvalue weighted by Crippen LogP contribution is -2.45. The molecule has 1 saturated carbocycles. The van der Waals surface area contributed by atoms with Crippen molar-refractivity contribution in [2.24, 2.45) is 0 Å². The molecule has 0 aromatic heterocycles. The van der Waals surface area contributed by atoms with Gasteiger partial charge in [0.1, 0.15) is 0 Å². The molecule has 0 saturated heterocycles. The second-order valence-corrected chi connectivity index (χ2v) is 7.28. The third-order valence-corrected chi connectivity index (χ3v) is 5.70. The largest absolute Gasteiger partial charge is 0.218 e. The van der Waals surface area contributed by atoms with E-state index in [2.05, 4.69) is 0 Å². The second kappa shape index (κ2) is 6.73. The molecule has 1 aliphatic rings. The molecular formula is C14H20ClNO2S. The van der Waals surface area contributed by atoms with E-state index < -0.39 is 10.0 Å². The number of benzene rings is 1. The molecule has 1 aliphatic carbocycles. The lowest BCUT2D eigenvalue weighted by molar-refractivity contribution is 0.219. The smallest absolute Gasteiger partial charge is 0.212 e. The van der Waals surface area contributed by atoms with Crippen LogP contribution in [0, 0.1) is 0 Å². The Morgan fingerprint density at radius 1 is 1.21 bits per heavy atom. The number of nitrogens with zero attached hydrogens (tertiary/aromatic N) is 1. The summed E-state index contributed by atoms with van der Waals surface area (Å²) in [6.45, 7) is 0.545. The van der Waals surface area contributed by atoms with Crippen molar-refractivity contribution in [1.29, 1.82) is 0 Å². The molecular weight excluding hydrogens is 282 g/mol. The predicted octanol–water partition coefficient (Wildman–Crippen LogP) is 3.00. The Kier molecular flexibility index (Phi) is 5.25. The highest BCUT2D eigenvalue weighted by Gasteiger charge is 2.33. The maximum atomic E-state index is 12.5. The minimum Gasteiger partial charge on any atom is -0.212 e. The fraction of sp³-hybridized carbons (Fsp3) is 0.571. The van der Waals surface area contributed by atoms with Crippen molar-refractivity contribution < 1.29 is 8.42 Å². The Morgan fingerprint density at radius 3 is 2.42 bits per heavy atom. The Morgan fingerprint density at radius 2 is 1.89 bits per heavy atom. The molecule has 0 spiro atoms. The number of sulfonamides is 1. The minimum absolute atomic E-state index is 0.0899. The van der Waals surface area contributed by atoms with Crippen molar-refractivity contribution >= 4 is 21.6 Å². The van der Waals surface area contributed by atoms with Crippen molar-refractivity contribution in [2.45, 2.75) is 37.5 Å². The summed E-state index contributed by atoms with van der Waals surface area (Å²) in [5.74, 6) is 0.594. The SMILES string of the molecule is O=S(=O)(Cc1ccccc1)N(CCCCl)C1CCC1. The summed E-state index contributed by atoms with van der Waals surface area (Å²) < 4.78 is 26.7. The van der Waals surface area contributed by atoms with Crippen LogP contribution < -0.4 is 0 Å². The number of hydrogen-bond acceptors (Lipinski definition) is 2. The van der Waals surface area contributed by atoms with Crippen molar-refractivity contribution in [3.63, 3.8) is 0 Å². The van der Waals surface area contributed by atoms with E-state index >= 15 is 0 Å². The van der Waals surface area contributed by atoms with Gasteiger partial charge in [0.2, 0.25) is 10.0 Å². The van der Waals surface area contributed by atoms with Crippen LogP contribution in [0.1, 0.15) is 31.2 Å². The van der Waals surface area contributed by atoms with E-state index in [0.717, 1.165) is 24.8 Å². The van der Waals surface area contributed by atoms with Gasteiger partial charge >= 0.3 is 0 Å². The number of alkyl halides is 1. The molecule has 0 heterocycles.